The van der Waals surface area contributed by atoms with E-state index in [1.54, 1.807) is 42.5 Å². The summed E-state index contributed by atoms with van der Waals surface area (Å²) in [6.45, 7) is 0. The molecule has 0 spiro atoms. The number of nitrogens with zero attached hydrogens (tertiary/aromatic N) is 3. The van der Waals surface area contributed by atoms with Crippen LogP contribution in [0.1, 0.15) is 45.8 Å². The van der Waals surface area contributed by atoms with Crippen molar-refractivity contribution in [1.82, 2.24) is 9.99 Å². The van der Waals surface area contributed by atoms with E-state index in [2.05, 4.69) is 10.4 Å². The van der Waals surface area contributed by atoms with Crippen LogP contribution in [0.2, 0.25) is 10.0 Å². The van der Waals surface area contributed by atoms with Crippen molar-refractivity contribution in [2.24, 2.45) is 23.7 Å². The van der Waals surface area contributed by atoms with Crippen molar-refractivity contribution in [3.63, 3.8) is 0 Å². The Bertz CT molecular complexity index is 2370. The number of pyridine rings is 1. The summed E-state index contributed by atoms with van der Waals surface area (Å²) >= 11 is 12.5. The summed E-state index contributed by atoms with van der Waals surface area (Å²) in [5, 5.41) is 20.8. The fourth-order valence-electron chi connectivity index (χ4n) is 8.89. The van der Waals surface area contributed by atoms with Crippen molar-refractivity contribution in [3.8, 4) is 5.75 Å². The quantitative estimate of drug-likeness (QED) is 0.138. The number of phenols is 1. The number of carboxylic acid groups (broad SMARTS) is 1. The highest BCUT2D eigenvalue weighted by molar-refractivity contribution is 6.33. The van der Waals surface area contributed by atoms with Crippen molar-refractivity contribution in [3.05, 3.63) is 129 Å². The monoisotopic (exact) mass is 790 g/mol. The normalized spacial score (nSPS) is 26.1. The molecule has 280 valence electrons. The number of halogens is 5. The van der Waals surface area contributed by atoms with Gasteiger partial charge in [-0.05, 0) is 78.4 Å². The number of alkyl halides is 3. The number of fused-ring (bicyclic) bond motifs is 4. The van der Waals surface area contributed by atoms with Gasteiger partial charge >= 0.3 is 12.1 Å². The molecule has 6 unspecified atom stereocenters. The molecule has 1 aromatic heterocycles. The molecule has 2 aliphatic heterocycles. The van der Waals surface area contributed by atoms with Gasteiger partial charge in [-0.25, -0.2) is 9.78 Å². The third-order valence-electron chi connectivity index (χ3n) is 11.1. The SMILES string of the molecule is O=C(O)c1cccc(N2C(=O)C3CC=C4C(CC5C(=O)N(Nc6ncc(C(F)(F)F)cc6Cl)C(=O)C5(c5ccc(Cl)cc5)C4c4cccc(O)c4)C3C2=O)c1. The van der Waals surface area contributed by atoms with Gasteiger partial charge in [0.1, 0.15) is 5.75 Å². The second-order valence-corrected chi connectivity index (χ2v) is 14.7. The Balaban J connectivity index is 1.29. The minimum Gasteiger partial charge on any atom is -0.508 e. The smallest absolute Gasteiger partial charge is 0.417 e. The summed E-state index contributed by atoms with van der Waals surface area (Å²) < 4.78 is 40.3. The summed E-state index contributed by atoms with van der Waals surface area (Å²) in [4.78, 5) is 74.9. The van der Waals surface area contributed by atoms with Crippen molar-refractivity contribution >= 4 is 64.3 Å². The third kappa shape index (κ3) is 5.57. The van der Waals surface area contributed by atoms with Gasteiger partial charge in [-0.15, -0.1) is 0 Å². The fraction of sp³-hybridized carbons (Fsp3) is 0.231. The number of hydrazine groups is 1. The lowest BCUT2D eigenvalue weighted by Crippen LogP contribution is -2.53. The maximum Gasteiger partial charge on any atom is 0.417 e. The van der Waals surface area contributed by atoms with Gasteiger partial charge in [-0.1, -0.05) is 65.2 Å². The Morgan fingerprint density at radius 3 is 2.31 bits per heavy atom. The first kappa shape index (κ1) is 36.3. The molecule has 3 fully saturated rings. The van der Waals surface area contributed by atoms with Gasteiger partial charge in [-0.2, -0.15) is 18.2 Å². The van der Waals surface area contributed by atoms with E-state index in [-0.39, 0.29) is 29.8 Å². The molecule has 2 saturated heterocycles. The third-order valence-corrected chi connectivity index (χ3v) is 11.7. The number of aromatic carboxylic acids is 1. The number of nitrogens with one attached hydrogen (secondary N) is 1. The van der Waals surface area contributed by atoms with Crippen LogP contribution in [0.15, 0.2) is 96.7 Å². The molecule has 4 aromatic rings. The van der Waals surface area contributed by atoms with Crippen LogP contribution in [0.5, 0.6) is 5.75 Å². The topological polar surface area (TPSA) is 157 Å². The second-order valence-electron chi connectivity index (χ2n) is 13.9. The van der Waals surface area contributed by atoms with Crippen LogP contribution >= 0.6 is 23.2 Å². The summed E-state index contributed by atoms with van der Waals surface area (Å²) in [5.41, 5.74) is 0.907. The minimum atomic E-state index is -4.77. The van der Waals surface area contributed by atoms with Crippen LogP contribution in [0.3, 0.4) is 0 Å². The molecule has 8 rings (SSSR count). The van der Waals surface area contributed by atoms with Crippen molar-refractivity contribution in [2.75, 3.05) is 10.3 Å². The molecule has 3 heterocycles. The molecule has 0 bridgehead atoms. The van der Waals surface area contributed by atoms with E-state index in [0.717, 1.165) is 4.90 Å². The number of rotatable bonds is 6. The minimum absolute atomic E-state index is 0.0715. The molecule has 55 heavy (non-hydrogen) atoms. The number of imide groups is 2. The number of anilines is 2. The largest absolute Gasteiger partial charge is 0.508 e. The summed E-state index contributed by atoms with van der Waals surface area (Å²) in [6.07, 6.45) is -2.52. The van der Waals surface area contributed by atoms with Gasteiger partial charge in [0.05, 0.1) is 45.0 Å². The molecule has 0 radical (unpaired) electrons. The number of aromatic hydroxyl groups is 1. The van der Waals surface area contributed by atoms with Crippen LogP contribution in [-0.4, -0.2) is 49.8 Å². The first-order valence-corrected chi connectivity index (χ1v) is 17.7. The van der Waals surface area contributed by atoms with E-state index < -0.39 is 87.2 Å². The van der Waals surface area contributed by atoms with Crippen molar-refractivity contribution < 1.29 is 47.4 Å². The molecular weight excluding hydrogens is 764 g/mol. The molecule has 16 heteroatoms. The zero-order valence-electron chi connectivity index (χ0n) is 28.1. The number of carbonyl (C=O) groups is 5. The number of phenolic OH excluding ortho intramolecular Hbond substituents is 1. The lowest BCUT2D eigenvalue weighted by molar-refractivity contribution is -0.139. The van der Waals surface area contributed by atoms with Gasteiger partial charge in [0.15, 0.2) is 5.82 Å². The predicted octanol–water partition coefficient (Wildman–Crippen LogP) is 7.00. The first-order chi connectivity index (χ1) is 26.1. The average Bonchev–Trinajstić information content (AvgIpc) is 3.52. The summed E-state index contributed by atoms with van der Waals surface area (Å²) in [6, 6.07) is 18.4. The Labute approximate surface area is 319 Å². The first-order valence-electron chi connectivity index (χ1n) is 17.0. The number of hydrogen-bond acceptors (Lipinski definition) is 8. The number of benzene rings is 3. The number of carboxylic acids is 1. The van der Waals surface area contributed by atoms with Gasteiger partial charge < -0.3 is 10.2 Å². The zero-order valence-corrected chi connectivity index (χ0v) is 29.6. The van der Waals surface area contributed by atoms with E-state index in [9.17, 15) is 42.6 Å². The maximum atomic E-state index is 15.2. The van der Waals surface area contributed by atoms with Crippen LogP contribution < -0.4 is 10.3 Å². The van der Waals surface area contributed by atoms with Crippen LogP contribution in [-0.2, 0) is 30.8 Å². The van der Waals surface area contributed by atoms with E-state index in [1.807, 2.05) is 0 Å². The number of aromatic nitrogens is 1. The van der Waals surface area contributed by atoms with Crippen LogP contribution in [0.4, 0.5) is 24.7 Å². The van der Waals surface area contributed by atoms with Crippen LogP contribution in [0.25, 0.3) is 0 Å². The number of carbonyl (C=O) groups excluding carboxylic acids is 4. The van der Waals surface area contributed by atoms with Crippen LogP contribution in [0, 0.1) is 23.7 Å². The Morgan fingerprint density at radius 2 is 1.64 bits per heavy atom. The number of hydrogen-bond donors (Lipinski definition) is 3. The summed E-state index contributed by atoms with van der Waals surface area (Å²) in [5.74, 6) is -9.53. The average molecular weight is 792 g/mol. The second kappa shape index (κ2) is 12.9. The lowest BCUT2D eigenvalue weighted by atomic mass is 9.49. The zero-order chi connectivity index (χ0) is 39.1. The van der Waals surface area contributed by atoms with Crippen molar-refractivity contribution in [2.45, 2.75) is 30.4 Å². The lowest BCUT2D eigenvalue weighted by Gasteiger charge is -2.50. The van der Waals surface area contributed by atoms with E-state index in [1.165, 1.54) is 36.4 Å². The maximum absolute atomic E-state index is 15.2. The molecule has 4 amide bonds. The standard InChI is InChI=1S/C39H27Cl2F3N4O7/c40-22-9-7-20(8-10-22)38-28(34(51)48(37(38)55)46-32-29(41)15-21(17-45-32)39(42,43)44)16-27-25(31(38)18-3-2-6-24(49)14-18)11-12-26-30(27)35(52)47(33(26)50)23-5-1-4-19(13-23)36(53)54/h1-11,13-15,17,26-28,30-31,49H,12,16H2,(H,45,46)(H,53,54). The highest BCUT2D eigenvalue weighted by Crippen LogP contribution is 2.64. The molecule has 6 atom stereocenters. The van der Waals surface area contributed by atoms with E-state index in [0.29, 0.717) is 39.0 Å². The number of amides is 4. The molecule has 11 nitrogen and oxygen atoms in total. The molecule has 1 saturated carbocycles. The van der Waals surface area contributed by atoms with Gasteiger partial charge in [0, 0.05) is 17.1 Å². The van der Waals surface area contributed by atoms with Crippen molar-refractivity contribution in [1.29, 1.82) is 0 Å². The molecule has 2 aliphatic carbocycles. The Hall–Kier alpha value is -5.73. The molecular formula is C39H27Cl2F3N4O7. The summed E-state index contributed by atoms with van der Waals surface area (Å²) in [7, 11) is 0. The molecule has 3 aromatic carbocycles. The van der Waals surface area contributed by atoms with Gasteiger partial charge in [0.2, 0.25) is 11.8 Å². The number of allylic oxidation sites excluding steroid dienone is 2. The Morgan fingerprint density at radius 1 is 0.909 bits per heavy atom. The fourth-order valence-corrected chi connectivity index (χ4v) is 9.23. The molecule has 3 N–H and O–H groups in total. The van der Waals surface area contributed by atoms with E-state index in [4.69, 9.17) is 23.2 Å². The van der Waals surface area contributed by atoms with Gasteiger partial charge in [-0.3, -0.25) is 29.5 Å². The predicted molar refractivity (Wildman–Crippen MR) is 191 cm³/mol. The Kier molecular flexibility index (Phi) is 8.54. The van der Waals surface area contributed by atoms with E-state index >= 15 is 4.79 Å². The highest BCUT2D eigenvalue weighted by Gasteiger charge is 2.70. The highest BCUT2D eigenvalue weighted by atomic mass is 35.5. The van der Waals surface area contributed by atoms with Gasteiger partial charge in [0.25, 0.3) is 11.8 Å². The molecule has 4 aliphatic rings.